The van der Waals surface area contributed by atoms with E-state index in [1.165, 1.54) is 17.0 Å². The second-order valence-electron chi connectivity index (χ2n) is 7.29. The van der Waals surface area contributed by atoms with Crippen LogP contribution in [0.4, 0.5) is 10.1 Å². The Hall–Kier alpha value is -3.71. The number of aliphatic hydroxyl groups is 1. The molecule has 2 N–H and O–H groups in total. The summed E-state index contributed by atoms with van der Waals surface area (Å²) in [4.78, 5) is 26.2. The van der Waals surface area contributed by atoms with Crippen LogP contribution in [0, 0.1) is 5.82 Å². The Balaban J connectivity index is 1.65. The van der Waals surface area contributed by atoms with Crippen molar-refractivity contribution in [1.29, 1.82) is 0 Å². The van der Waals surface area contributed by atoms with Gasteiger partial charge >= 0.3 is 0 Å². The van der Waals surface area contributed by atoms with Crippen molar-refractivity contribution >= 4 is 17.5 Å². The van der Waals surface area contributed by atoms with Gasteiger partial charge in [0.2, 0.25) is 0 Å². The van der Waals surface area contributed by atoms with Crippen molar-refractivity contribution in [3.63, 3.8) is 0 Å². The van der Waals surface area contributed by atoms with Crippen molar-refractivity contribution in [2.24, 2.45) is 0 Å². The Morgan fingerprint density at radius 2 is 1.90 bits per heavy atom. The van der Waals surface area contributed by atoms with Crippen molar-refractivity contribution in [3.05, 3.63) is 94.8 Å². The van der Waals surface area contributed by atoms with E-state index in [2.05, 4.69) is 5.32 Å². The number of halogens is 1. The summed E-state index contributed by atoms with van der Waals surface area (Å²) < 4.78 is 19.1. The molecule has 3 aromatic rings. The van der Waals surface area contributed by atoms with E-state index in [1.807, 2.05) is 0 Å². The minimum atomic E-state index is -1.79. The summed E-state index contributed by atoms with van der Waals surface area (Å²) >= 11 is 0. The monoisotopic (exact) mass is 404 g/mol. The van der Waals surface area contributed by atoms with E-state index in [9.17, 15) is 19.1 Å². The van der Waals surface area contributed by atoms with E-state index in [-0.39, 0.29) is 25.0 Å². The van der Waals surface area contributed by atoms with Gasteiger partial charge in [0.15, 0.2) is 12.3 Å². The zero-order chi connectivity index (χ0) is 20.9. The van der Waals surface area contributed by atoms with Gasteiger partial charge in [-0.2, -0.15) is 0 Å². The molecule has 1 unspecified atom stereocenters. The Kier molecular flexibility index (Phi) is 4.08. The lowest BCUT2D eigenvalue weighted by Gasteiger charge is -2.35. The molecule has 2 aliphatic heterocycles. The van der Waals surface area contributed by atoms with Crippen molar-refractivity contribution in [1.82, 2.24) is 4.90 Å². The highest BCUT2D eigenvalue weighted by molar-refractivity contribution is 6.00. The number of nitrogens with zero attached hydrogens (tertiary/aromatic N) is 1. The van der Waals surface area contributed by atoms with Crippen LogP contribution in [0.1, 0.15) is 27.0 Å². The molecule has 6 nitrogen and oxygen atoms in total. The van der Waals surface area contributed by atoms with Crippen LogP contribution in [0.25, 0.3) is 0 Å². The van der Waals surface area contributed by atoms with Crippen LogP contribution in [0.3, 0.4) is 0 Å². The highest BCUT2D eigenvalue weighted by atomic mass is 19.1. The van der Waals surface area contributed by atoms with Crippen molar-refractivity contribution in [2.75, 3.05) is 11.9 Å². The molecule has 2 aliphatic rings. The van der Waals surface area contributed by atoms with Gasteiger partial charge in [0, 0.05) is 23.2 Å². The van der Waals surface area contributed by atoms with Crippen LogP contribution in [0.5, 0.6) is 5.75 Å². The molecule has 30 heavy (non-hydrogen) atoms. The van der Waals surface area contributed by atoms with E-state index in [0.717, 1.165) is 0 Å². The summed E-state index contributed by atoms with van der Waals surface area (Å²) in [6.07, 6.45) is 0. The summed E-state index contributed by atoms with van der Waals surface area (Å²) in [5.74, 6) is -0.605. The highest BCUT2D eigenvalue weighted by Crippen LogP contribution is 2.45. The molecule has 0 aromatic heterocycles. The lowest BCUT2D eigenvalue weighted by Crippen LogP contribution is -2.44. The fourth-order valence-electron chi connectivity index (χ4n) is 4.03. The number of amides is 2. The molecule has 0 bridgehead atoms. The maximum absolute atomic E-state index is 13.7. The molecule has 1 atom stereocenters. The largest absolute Gasteiger partial charge is 0.482 e. The van der Waals surface area contributed by atoms with Crippen molar-refractivity contribution in [2.45, 2.75) is 12.3 Å². The molecule has 7 heteroatoms. The van der Waals surface area contributed by atoms with Gasteiger partial charge in [-0.3, -0.25) is 14.5 Å². The van der Waals surface area contributed by atoms with Gasteiger partial charge in [-0.05, 0) is 35.9 Å². The van der Waals surface area contributed by atoms with Crippen LogP contribution in [-0.4, -0.2) is 28.4 Å². The third kappa shape index (κ3) is 2.74. The van der Waals surface area contributed by atoms with Crippen LogP contribution in [0.15, 0.2) is 66.7 Å². The summed E-state index contributed by atoms with van der Waals surface area (Å²) in [6.45, 7) is -0.0780. The Labute approximate surface area is 171 Å². The molecule has 3 aromatic carbocycles. The topological polar surface area (TPSA) is 78.9 Å². The first-order valence-electron chi connectivity index (χ1n) is 9.42. The van der Waals surface area contributed by atoms with Crippen LogP contribution < -0.4 is 10.1 Å². The number of anilines is 1. The normalized spacial score (nSPS) is 19.7. The molecule has 2 amide bonds. The Bertz CT molecular complexity index is 1200. The second kappa shape index (κ2) is 6.67. The third-order valence-corrected chi connectivity index (χ3v) is 5.41. The van der Waals surface area contributed by atoms with E-state index in [0.29, 0.717) is 33.7 Å². The molecule has 0 aliphatic carbocycles. The molecule has 0 saturated heterocycles. The third-order valence-electron chi connectivity index (χ3n) is 5.41. The van der Waals surface area contributed by atoms with Gasteiger partial charge in [-0.25, -0.2) is 4.39 Å². The number of carbonyl (C=O) groups excluding carboxylic acids is 2. The fraction of sp³-hybridized carbons (Fsp3) is 0.130. The molecular formula is C23H17FN2O4. The van der Waals surface area contributed by atoms with E-state index in [4.69, 9.17) is 4.74 Å². The summed E-state index contributed by atoms with van der Waals surface area (Å²) in [7, 11) is 0. The van der Waals surface area contributed by atoms with E-state index >= 15 is 0 Å². The average molecular weight is 404 g/mol. The van der Waals surface area contributed by atoms with Crippen LogP contribution in [0.2, 0.25) is 0 Å². The number of rotatable bonds is 3. The van der Waals surface area contributed by atoms with Gasteiger partial charge < -0.3 is 15.2 Å². The van der Waals surface area contributed by atoms with E-state index in [1.54, 1.807) is 54.6 Å². The summed E-state index contributed by atoms with van der Waals surface area (Å²) in [5.41, 5.74) is 0.353. The first-order valence-corrected chi connectivity index (χ1v) is 9.42. The van der Waals surface area contributed by atoms with Crippen molar-refractivity contribution < 1.29 is 23.8 Å². The number of hydrogen-bond donors (Lipinski definition) is 2. The van der Waals surface area contributed by atoms with Gasteiger partial charge in [-0.1, -0.05) is 36.4 Å². The lowest BCUT2D eigenvalue weighted by atomic mass is 9.93. The number of hydrogen-bond acceptors (Lipinski definition) is 4. The molecule has 0 spiro atoms. The minimum absolute atomic E-state index is 0.00170. The zero-order valence-electron chi connectivity index (χ0n) is 15.8. The number of nitrogens with one attached hydrogen (secondary N) is 1. The fourth-order valence-corrected chi connectivity index (χ4v) is 4.03. The first kappa shape index (κ1) is 18.3. The molecule has 0 radical (unpaired) electrons. The summed E-state index contributed by atoms with van der Waals surface area (Å²) in [6, 6.07) is 17.6. The number of fused-ring (bicyclic) bond motifs is 2. The lowest BCUT2D eigenvalue weighted by molar-refractivity contribution is -0.118. The van der Waals surface area contributed by atoms with E-state index < -0.39 is 11.5 Å². The second-order valence-corrected chi connectivity index (χ2v) is 7.29. The predicted octanol–water partition coefficient (Wildman–Crippen LogP) is 3.01. The molecule has 5 rings (SSSR count). The quantitative estimate of drug-likeness (QED) is 0.704. The number of carbonyl (C=O) groups is 2. The van der Waals surface area contributed by atoms with Gasteiger partial charge in [0.05, 0.1) is 5.69 Å². The standard InChI is InChI=1S/C23H17FN2O4/c24-16-5-3-4-14(10-16)12-26-22(28)17-6-1-2-7-18(17)23(26,29)15-8-9-20-19(11-15)25-21(27)13-30-20/h1-11,29H,12-13H2,(H,25,27). The van der Waals surface area contributed by atoms with Gasteiger partial charge in [-0.15, -0.1) is 0 Å². The Morgan fingerprint density at radius 3 is 2.73 bits per heavy atom. The SMILES string of the molecule is O=C1COc2ccc(C3(O)c4ccccc4C(=O)N3Cc3cccc(F)c3)cc2N1. The van der Waals surface area contributed by atoms with Gasteiger partial charge in [0.25, 0.3) is 11.8 Å². The molecular weight excluding hydrogens is 387 g/mol. The average Bonchev–Trinajstić information content (AvgIpc) is 2.96. The molecule has 0 fully saturated rings. The predicted molar refractivity (Wildman–Crippen MR) is 106 cm³/mol. The minimum Gasteiger partial charge on any atom is -0.482 e. The number of ether oxygens (including phenoxy) is 1. The molecule has 150 valence electrons. The number of benzene rings is 3. The molecule has 2 heterocycles. The van der Waals surface area contributed by atoms with Gasteiger partial charge in [0.1, 0.15) is 11.6 Å². The van der Waals surface area contributed by atoms with Crippen LogP contribution in [-0.2, 0) is 17.1 Å². The highest BCUT2D eigenvalue weighted by Gasteiger charge is 2.50. The smallest absolute Gasteiger partial charge is 0.262 e. The maximum Gasteiger partial charge on any atom is 0.262 e. The van der Waals surface area contributed by atoms with Crippen molar-refractivity contribution in [3.8, 4) is 5.75 Å². The molecule has 0 saturated carbocycles. The zero-order valence-corrected chi connectivity index (χ0v) is 15.8. The van der Waals surface area contributed by atoms with Crippen LogP contribution >= 0.6 is 0 Å². The Morgan fingerprint density at radius 1 is 1.07 bits per heavy atom. The first-order chi connectivity index (χ1) is 14.5. The summed E-state index contributed by atoms with van der Waals surface area (Å²) in [5, 5.41) is 14.6. The maximum atomic E-state index is 13.7.